The molecule has 1 aromatic heterocycles. The highest BCUT2D eigenvalue weighted by atomic mass is 32.2. The van der Waals surface area contributed by atoms with E-state index in [1.165, 1.54) is 28.8 Å². The highest BCUT2D eigenvalue weighted by molar-refractivity contribution is 7.98. The number of carbonyl (C=O) groups is 1. The lowest BCUT2D eigenvalue weighted by Crippen LogP contribution is -2.24. The van der Waals surface area contributed by atoms with Gasteiger partial charge in [-0.25, -0.2) is 0 Å². The molecule has 5 nitrogen and oxygen atoms in total. The van der Waals surface area contributed by atoms with Gasteiger partial charge in [-0.1, -0.05) is 53.7 Å². The summed E-state index contributed by atoms with van der Waals surface area (Å²) in [5, 5.41) is 11.0. The van der Waals surface area contributed by atoms with Crippen LogP contribution in [-0.4, -0.2) is 20.7 Å². The third-order valence-corrected chi connectivity index (χ3v) is 6.44. The number of alkyl halides is 6. The van der Waals surface area contributed by atoms with Crippen molar-refractivity contribution in [1.29, 1.82) is 0 Å². The summed E-state index contributed by atoms with van der Waals surface area (Å²) in [7, 11) is 0. The topological polar surface area (TPSA) is 59.8 Å². The zero-order valence-corrected chi connectivity index (χ0v) is 20.6. The first-order valence-corrected chi connectivity index (χ1v) is 12.2. The molecule has 0 saturated heterocycles. The highest BCUT2D eigenvalue weighted by Gasteiger charge is 2.32. The lowest BCUT2D eigenvalue weighted by molar-refractivity contribution is -0.138. The van der Waals surface area contributed by atoms with Crippen LogP contribution in [0.1, 0.15) is 38.4 Å². The van der Waals surface area contributed by atoms with Gasteiger partial charge in [-0.05, 0) is 48.9 Å². The first kappa shape index (κ1) is 27.2. The summed E-state index contributed by atoms with van der Waals surface area (Å²) in [6.45, 7) is 1.68. The minimum Gasteiger partial charge on any atom is -0.345 e. The van der Waals surface area contributed by atoms with E-state index in [2.05, 4.69) is 15.5 Å². The third-order valence-electron chi connectivity index (χ3n) is 5.44. The van der Waals surface area contributed by atoms with Gasteiger partial charge in [-0.15, -0.1) is 10.2 Å². The van der Waals surface area contributed by atoms with Crippen LogP contribution in [0.25, 0.3) is 5.69 Å². The van der Waals surface area contributed by atoms with E-state index in [0.29, 0.717) is 11.1 Å². The molecular formula is C26H20F6N4OS. The zero-order valence-electron chi connectivity index (χ0n) is 19.8. The Hall–Kier alpha value is -3.80. The van der Waals surface area contributed by atoms with E-state index >= 15 is 0 Å². The van der Waals surface area contributed by atoms with Gasteiger partial charge < -0.3 is 5.32 Å². The van der Waals surface area contributed by atoms with Crippen molar-refractivity contribution < 1.29 is 31.1 Å². The first-order valence-electron chi connectivity index (χ1n) is 11.2. The molecule has 0 radical (unpaired) electrons. The van der Waals surface area contributed by atoms with E-state index in [1.807, 2.05) is 13.0 Å². The molecule has 1 heterocycles. The molecule has 0 bridgehead atoms. The van der Waals surface area contributed by atoms with Crippen molar-refractivity contribution in [3.8, 4) is 5.69 Å². The number of aryl methyl sites for hydroxylation is 1. The summed E-state index contributed by atoms with van der Waals surface area (Å²) in [6, 6.07) is 16.1. The van der Waals surface area contributed by atoms with Crippen LogP contribution in [0.3, 0.4) is 0 Å². The lowest BCUT2D eigenvalue weighted by Gasteiger charge is -2.14. The maximum atomic E-state index is 13.4. The minimum atomic E-state index is -4.60. The molecule has 0 unspecified atom stereocenters. The van der Waals surface area contributed by atoms with E-state index in [-0.39, 0.29) is 29.0 Å². The Labute approximate surface area is 217 Å². The molecule has 0 fully saturated rings. The standard InChI is InChI=1S/C26H20F6N4OS/c1-16-5-2-7-18(11-16)23(37)33-14-22-34-35-24(36(22)21-10-4-9-20(13-21)26(30,31)32)38-15-17-6-3-8-19(12-17)25(27,28)29/h2-13H,14-15H2,1H3,(H,33,37). The summed E-state index contributed by atoms with van der Waals surface area (Å²) >= 11 is 1.01. The Balaban J connectivity index is 1.64. The number of thioether (sulfide) groups is 1. The largest absolute Gasteiger partial charge is 0.416 e. The fourth-order valence-corrected chi connectivity index (χ4v) is 4.54. The van der Waals surface area contributed by atoms with Crippen molar-refractivity contribution in [3.05, 3.63) is 106 Å². The number of amides is 1. The van der Waals surface area contributed by atoms with E-state index in [1.54, 1.807) is 18.2 Å². The van der Waals surface area contributed by atoms with Gasteiger partial charge in [-0.2, -0.15) is 26.3 Å². The molecule has 0 aliphatic rings. The van der Waals surface area contributed by atoms with Crippen LogP contribution in [0.5, 0.6) is 0 Å². The predicted molar refractivity (Wildman–Crippen MR) is 130 cm³/mol. The molecule has 1 N–H and O–H groups in total. The van der Waals surface area contributed by atoms with Crippen molar-refractivity contribution in [2.24, 2.45) is 0 Å². The number of rotatable bonds is 7. The third kappa shape index (κ3) is 6.55. The number of nitrogens with one attached hydrogen (secondary N) is 1. The molecule has 0 aliphatic carbocycles. The number of nitrogens with zero attached hydrogens (tertiary/aromatic N) is 3. The molecule has 0 saturated carbocycles. The number of halogens is 6. The number of hydrogen-bond acceptors (Lipinski definition) is 4. The second-order valence-corrected chi connectivity index (χ2v) is 9.26. The van der Waals surface area contributed by atoms with E-state index in [4.69, 9.17) is 0 Å². The Morgan fingerprint density at radius 1 is 0.868 bits per heavy atom. The van der Waals surface area contributed by atoms with Crippen LogP contribution in [0, 0.1) is 6.92 Å². The van der Waals surface area contributed by atoms with Gasteiger partial charge in [0.15, 0.2) is 11.0 Å². The molecule has 0 spiro atoms. The predicted octanol–water partition coefficient (Wildman–Crippen LogP) is 6.84. The van der Waals surface area contributed by atoms with Crippen LogP contribution in [-0.2, 0) is 24.7 Å². The molecule has 4 rings (SSSR count). The van der Waals surface area contributed by atoms with Crippen LogP contribution in [0.15, 0.2) is 78.0 Å². The van der Waals surface area contributed by atoms with E-state index < -0.39 is 29.4 Å². The number of aromatic nitrogens is 3. The Morgan fingerprint density at radius 3 is 2.21 bits per heavy atom. The SMILES string of the molecule is Cc1cccc(C(=O)NCc2nnc(SCc3cccc(C(F)(F)F)c3)n2-c2cccc(C(F)(F)F)c2)c1. The molecule has 38 heavy (non-hydrogen) atoms. The summed E-state index contributed by atoms with van der Waals surface area (Å²) in [5.74, 6) is -0.209. The summed E-state index contributed by atoms with van der Waals surface area (Å²) in [5.41, 5.74) is 0.00278. The van der Waals surface area contributed by atoms with E-state index in [9.17, 15) is 31.1 Å². The summed E-state index contributed by atoms with van der Waals surface area (Å²) in [4.78, 5) is 12.6. The van der Waals surface area contributed by atoms with Crippen molar-refractivity contribution in [1.82, 2.24) is 20.1 Å². The lowest BCUT2D eigenvalue weighted by atomic mass is 10.1. The van der Waals surface area contributed by atoms with Gasteiger partial charge in [-0.3, -0.25) is 9.36 Å². The monoisotopic (exact) mass is 550 g/mol. The van der Waals surface area contributed by atoms with Crippen LogP contribution < -0.4 is 5.32 Å². The average Bonchev–Trinajstić information content (AvgIpc) is 3.28. The Bertz CT molecular complexity index is 1450. The average molecular weight is 551 g/mol. The van der Waals surface area contributed by atoms with E-state index in [0.717, 1.165) is 41.6 Å². The quantitative estimate of drug-likeness (QED) is 0.202. The number of hydrogen-bond donors (Lipinski definition) is 1. The summed E-state index contributed by atoms with van der Waals surface area (Å²) < 4.78 is 80.8. The minimum absolute atomic E-state index is 0.0522. The van der Waals surface area contributed by atoms with Crippen LogP contribution in [0.2, 0.25) is 0 Å². The number of benzene rings is 3. The molecule has 1 amide bonds. The molecule has 198 valence electrons. The van der Waals surface area contributed by atoms with Gasteiger partial charge in [0, 0.05) is 11.3 Å². The van der Waals surface area contributed by atoms with Gasteiger partial charge in [0.05, 0.1) is 23.4 Å². The second-order valence-electron chi connectivity index (χ2n) is 8.32. The van der Waals surface area contributed by atoms with Crippen molar-refractivity contribution in [3.63, 3.8) is 0 Å². The van der Waals surface area contributed by atoms with Gasteiger partial charge in [0.1, 0.15) is 0 Å². The molecule has 0 atom stereocenters. The zero-order chi connectivity index (χ0) is 27.5. The second kappa shape index (κ2) is 10.9. The molecular weight excluding hydrogens is 530 g/mol. The maximum absolute atomic E-state index is 13.4. The molecule has 12 heteroatoms. The van der Waals surface area contributed by atoms with Gasteiger partial charge in [0.2, 0.25) is 0 Å². The molecule has 0 aliphatic heterocycles. The smallest absolute Gasteiger partial charge is 0.345 e. The van der Waals surface area contributed by atoms with Crippen molar-refractivity contribution >= 4 is 17.7 Å². The van der Waals surface area contributed by atoms with Gasteiger partial charge >= 0.3 is 12.4 Å². The molecule has 4 aromatic rings. The maximum Gasteiger partial charge on any atom is 0.416 e. The van der Waals surface area contributed by atoms with Crippen LogP contribution >= 0.6 is 11.8 Å². The fraction of sp³-hybridized carbons (Fsp3) is 0.192. The number of carbonyl (C=O) groups excluding carboxylic acids is 1. The molecule has 3 aromatic carbocycles. The van der Waals surface area contributed by atoms with Crippen LogP contribution in [0.4, 0.5) is 26.3 Å². The highest BCUT2D eigenvalue weighted by Crippen LogP contribution is 2.33. The summed E-state index contributed by atoms with van der Waals surface area (Å²) in [6.07, 6.45) is -9.11. The Morgan fingerprint density at radius 2 is 1.53 bits per heavy atom. The van der Waals surface area contributed by atoms with Crippen molar-refractivity contribution in [2.75, 3.05) is 0 Å². The normalized spacial score (nSPS) is 12.0. The Kier molecular flexibility index (Phi) is 7.81. The van der Waals surface area contributed by atoms with Gasteiger partial charge in [0.25, 0.3) is 5.91 Å². The fourth-order valence-electron chi connectivity index (χ4n) is 3.62. The first-order chi connectivity index (χ1) is 17.9. The van der Waals surface area contributed by atoms with Crippen molar-refractivity contribution in [2.45, 2.75) is 36.7 Å².